The van der Waals surface area contributed by atoms with E-state index in [2.05, 4.69) is 15.9 Å². The molecule has 1 atom stereocenters. The van der Waals surface area contributed by atoms with Crippen molar-refractivity contribution in [2.45, 2.75) is 38.0 Å². The molecule has 2 rings (SSSR count). The highest BCUT2D eigenvalue weighted by Crippen LogP contribution is 2.40. The molecule has 16 heavy (non-hydrogen) atoms. The average molecular weight is 289 g/mol. The molecule has 1 fully saturated rings. The van der Waals surface area contributed by atoms with Crippen LogP contribution in [-0.2, 0) is 0 Å². The van der Waals surface area contributed by atoms with Crippen LogP contribution >= 0.6 is 15.9 Å². The van der Waals surface area contributed by atoms with Crippen LogP contribution in [0.15, 0.2) is 28.7 Å². The Bertz CT molecular complexity index is 328. The van der Waals surface area contributed by atoms with Crippen LogP contribution in [0.25, 0.3) is 0 Å². The maximum atomic E-state index is 13.1. The van der Waals surface area contributed by atoms with E-state index in [-0.39, 0.29) is 5.92 Å². The minimum atomic E-state index is -2.25. The Balaban J connectivity index is 2.21. The SMILES string of the molecule is FC(F)C(c1ccc(Br)cc1)C1CCCC1. The molecule has 0 bridgehead atoms. The summed E-state index contributed by atoms with van der Waals surface area (Å²) in [6.45, 7) is 0. The van der Waals surface area contributed by atoms with Crippen molar-refractivity contribution >= 4 is 15.9 Å². The van der Waals surface area contributed by atoms with E-state index in [1.165, 1.54) is 0 Å². The molecule has 3 heteroatoms. The lowest BCUT2D eigenvalue weighted by Gasteiger charge is -2.23. The summed E-state index contributed by atoms with van der Waals surface area (Å²) in [5, 5.41) is 0. The van der Waals surface area contributed by atoms with Crippen LogP contribution in [0.2, 0.25) is 0 Å². The summed E-state index contributed by atoms with van der Waals surface area (Å²) in [6, 6.07) is 7.33. The molecule has 1 aliphatic rings. The molecule has 1 aromatic carbocycles. The third-order valence-corrected chi connectivity index (χ3v) is 3.96. The van der Waals surface area contributed by atoms with Crippen LogP contribution in [0.3, 0.4) is 0 Å². The highest BCUT2D eigenvalue weighted by atomic mass is 79.9. The Morgan fingerprint density at radius 3 is 2.12 bits per heavy atom. The van der Waals surface area contributed by atoms with Crippen LogP contribution in [0.1, 0.15) is 37.2 Å². The van der Waals surface area contributed by atoms with Crippen LogP contribution < -0.4 is 0 Å². The van der Waals surface area contributed by atoms with E-state index in [1.807, 2.05) is 24.3 Å². The van der Waals surface area contributed by atoms with Gasteiger partial charge in [-0.15, -0.1) is 0 Å². The van der Waals surface area contributed by atoms with Gasteiger partial charge in [-0.3, -0.25) is 0 Å². The number of alkyl halides is 2. The van der Waals surface area contributed by atoms with Gasteiger partial charge < -0.3 is 0 Å². The van der Waals surface area contributed by atoms with Crippen LogP contribution in [0.4, 0.5) is 8.78 Å². The Kier molecular flexibility index (Phi) is 3.95. The molecule has 1 aliphatic carbocycles. The third-order valence-electron chi connectivity index (χ3n) is 3.43. The van der Waals surface area contributed by atoms with E-state index in [0.717, 1.165) is 35.7 Å². The summed E-state index contributed by atoms with van der Waals surface area (Å²) in [6.07, 6.45) is 1.86. The molecule has 1 aromatic rings. The van der Waals surface area contributed by atoms with Crippen molar-refractivity contribution in [1.29, 1.82) is 0 Å². The molecule has 1 saturated carbocycles. The first-order valence-corrected chi connectivity index (χ1v) is 6.51. The molecule has 88 valence electrons. The number of hydrogen-bond donors (Lipinski definition) is 0. The lowest BCUT2D eigenvalue weighted by Crippen LogP contribution is -2.17. The summed E-state index contributed by atoms with van der Waals surface area (Å²) in [5.41, 5.74) is 0.783. The molecule has 1 unspecified atom stereocenters. The molecular weight excluding hydrogens is 274 g/mol. The van der Waals surface area contributed by atoms with Gasteiger partial charge in [0.2, 0.25) is 6.43 Å². The Labute approximate surface area is 103 Å². The van der Waals surface area contributed by atoms with Crippen molar-refractivity contribution in [2.75, 3.05) is 0 Å². The Morgan fingerprint density at radius 1 is 1.06 bits per heavy atom. The summed E-state index contributed by atoms with van der Waals surface area (Å²) < 4.78 is 27.2. The molecule has 0 spiro atoms. The minimum Gasteiger partial charge on any atom is -0.210 e. The highest BCUT2D eigenvalue weighted by Gasteiger charge is 2.32. The van der Waals surface area contributed by atoms with E-state index in [1.54, 1.807) is 0 Å². The van der Waals surface area contributed by atoms with E-state index >= 15 is 0 Å². The first-order chi connectivity index (χ1) is 7.68. The van der Waals surface area contributed by atoms with Gasteiger partial charge in [-0.1, -0.05) is 40.9 Å². The standard InChI is InChI=1S/C13H15BrF2/c14-11-7-5-10(6-8-11)12(13(15)16)9-3-1-2-4-9/h5-9,12-13H,1-4H2. The predicted octanol–water partition coefficient (Wildman–Crippen LogP) is 4.99. The van der Waals surface area contributed by atoms with Crippen molar-refractivity contribution in [1.82, 2.24) is 0 Å². The van der Waals surface area contributed by atoms with E-state index in [4.69, 9.17) is 0 Å². The van der Waals surface area contributed by atoms with Gasteiger partial charge in [0, 0.05) is 10.4 Å². The molecule has 0 amide bonds. The monoisotopic (exact) mass is 288 g/mol. The molecule has 0 saturated heterocycles. The normalized spacial score (nSPS) is 19.2. The molecular formula is C13H15BrF2. The summed E-state index contributed by atoms with van der Waals surface area (Å²) in [5.74, 6) is -0.406. The number of halogens is 3. The number of rotatable bonds is 3. The molecule has 0 N–H and O–H groups in total. The molecule has 0 radical (unpaired) electrons. The number of hydrogen-bond acceptors (Lipinski definition) is 0. The summed E-state index contributed by atoms with van der Waals surface area (Å²) in [4.78, 5) is 0. The molecule has 0 aliphatic heterocycles. The van der Waals surface area contributed by atoms with E-state index in [9.17, 15) is 8.78 Å². The maximum absolute atomic E-state index is 13.1. The van der Waals surface area contributed by atoms with E-state index in [0.29, 0.717) is 0 Å². The zero-order valence-electron chi connectivity index (χ0n) is 9.00. The summed E-state index contributed by atoms with van der Waals surface area (Å²) in [7, 11) is 0. The quantitative estimate of drug-likeness (QED) is 0.735. The fraction of sp³-hybridized carbons (Fsp3) is 0.538. The van der Waals surface area contributed by atoms with Gasteiger partial charge in [-0.25, -0.2) is 8.78 Å². The van der Waals surface area contributed by atoms with Gasteiger partial charge in [0.1, 0.15) is 0 Å². The van der Waals surface area contributed by atoms with Gasteiger partial charge in [-0.2, -0.15) is 0 Å². The fourth-order valence-electron chi connectivity index (χ4n) is 2.62. The number of benzene rings is 1. The summed E-state index contributed by atoms with van der Waals surface area (Å²) >= 11 is 3.33. The van der Waals surface area contributed by atoms with Gasteiger partial charge in [0.15, 0.2) is 0 Å². The highest BCUT2D eigenvalue weighted by molar-refractivity contribution is 9.10. The van der Waals surface area contributed by atoms with Crippen molar-refractivity contribution in [2.24, 2.45) is 5.92 Å². The lowest BCUT2D eigenvalue weighted by atomic mass is 9.85. The minimum absolute atomic E-state index is 0.168. The smallest absolute Gasteiger partial charge is 0.210 e. The largest absolute Gasteiger partial charge is 0.245 e. The topological polar surface area (TPSA) is 0 Å². The van der Waals surface area contributed by atoms with E-state index < -0.39 is 12.3 Å². The van der Waals surface area contributed by atoms with Crippen molar-refractivity contribution in [3.8, 4) is 0 Å². The zero-order chi connectivity index (χ0) is 11.5. The third kappa shape index (κ3) is 2.62. The first-order valence-electron chi connectivity index (χ1n) is 5.72. The molecule has 0 nitrogen and oxygen atoms in total. The van der Waals surface area contributed by atoms with Gasteiger partial charge in [0.05, 0.1) is 0 Å². The second-order valence-electron chi connectivity index (χ2n) is 4.46. The average Bonchev–Trinajstić information content (AvgIpc) is 2.74. The van der Waals surface area contributed by atoms with Crippen LogP contribution in [0, 0.1) is 5.92 Å². The first kappa shape index (κ1) is 12.0. The van der Waals surface area contributed by atoms with Gasteiger partial charge in [-0.05, 0) is 36.5 Å². The maximum Gasteiger partial charge on any atom is 0.245 e. The molecule has 0 aromatic heterocycles. The fourth-order valence-corrected chi connectivity index (χ4v) is 2.89. The van der Waals surface area contributed by atoms with Crippen LogP contribution in [0.5, 0.6) is 0 Å². The van der Waals surface area contributed by atoms with Crippen molar-refractivity contribution < 1.29 is 8.78 Å². The zero-order valence-corrected chi connectivity index (χ0v) is 10.6. The predicted molar refractivity (Wildman–Crippen MR) is 64.8 cm³/mol. The Hall–Kier alpha value is -0.440. The van der Waals surface area contributed by atoms with Crippen molar-refractivity contribution in [3.05, 3.63) is 34.3 Å². The van der Waals surface area contributed by atoms with Gasteiger partial charge in [0.25, 0.3) is 0 Å². The second kappa shape index (κ2) is 5.26. The Morgan fingerprint density at radius 2 is 1.62 bits per heavy atom. The van der Waals surface area contributed by atoms with Gasteiger partial charge >= 0.3 is 0 Å². The molecule has 0 heterocycles. The van der Waals surface area contributed by atoms with Crippen molar-refractivity contribution in [3.63, 3.8) is 0 Å². The second-order valence-corrected chi connectivity index (χ2v) is 5.37. The lowest BCUT2D eigenvalue weighted by molar-refractivity contribution is 0.0868. The van der Waals surface area contributed by atoms with Crippen LogP contribution in [-0.4, -0.2) is 6.43 Å².